The quantitative estimate of drug-likeness (QED) is 0.616. The van der Waals surface area contributed by atoms with E-state index < -0.39 is 16.0 Å². The molecule has 0 amide bonds. The van der Waals surface area contributed by atoms with Gasteiger partial charge in [0.1, 0.15) is 0 Å². The Bertz CT molecular complexity index is 986. The van der Waals surface area contributed by atoms with Crippen molar-refractivity contribution in [3.8, 4) is 11.5 Å². The van der Waals surface area contributed by atoms with Crippen LogP contribution in [0, 0.1) is 0 Å². The molecule has 3 rings (SSSR count). The molecular formula is C21H26N2O6S. The van der Waals surface area contributed by atoms with Crippen molar-refractivity contribution in [3.63, 3.8) is 0 Å². The lowest BCUT2D eigenvalue weighted by Gasteiger charge is -2.35. The number of carbonyl (C=O) groups excluding carboxylic acids is 1. The van der Waals surface area contributed by atoms with Gasteiger partial charge in [-0.15, -0.1) is 0 Å². The summed E-state index contributed by atoms with van der Waals surface area (Å²) in [5, 5.41) is 0. The molecular weight excluding hydrogens is 408 g/mol. The zero-order valence-electron chi connectivity index (χ0n) is 17.3. The van der Waals surface area contributed by atoms with Crippen LogP contribution < -0.4 is 14.4 Å². The second-order valence-electron chi connectivity index (χ2n) is 6.79. The SMILES string of the molecule is COC(=O)Cc1cc(OC)c(OC)cc1S(=O)(=O)N1CCN(c2ccccc2)CC1. The molecule has 1 aliphatic rings. The minimum absolute atomic E-state index is 0.0266. The van der Waals surface area contributed by atoms with Crippen LogP contribution in [0.25, 0.3) is 0 Å². The molecule has 0 spiro atoms. The molecule has 0 aliphatic carbocycles. The van der Waals surface area contributed by atoms with E-state index in [-0.39, 0.29) is 17.1 Å². The van der Waals surface area contributed by atoms with Crippen LogP contribution in [0.4, 0.5) is 5.69 Å². The number of piperazine rings is 1. The fourth-order valence-electron chi connectivity index (χ4n) is 3.47. The van der Waals surface area contributed by atoms with Gasteiger partial charge >= 0.3 is 5.97 Å². The van der Waals surface area contributed by atoms with Crippen LogP contribution >= 0.6 is 0 Å². The Labute approximate surface area is 177 Å². The highest BCUT2D eigenvalue weighted by Crippen LogP contribution is 2.35. The smallest absolute Gasteiger partial charge is 0.310 e. The second kappa shape index (κ2) is 9.36. The number of methoxy groups -OCH3 is 3. The van der Waals surface area contributed by atoms with Gasteiger partial charge in [0.05, 0.1) is 32.6 Å². The summed E-state index contributed by atoms with van der Waals surface area (Å²) in [6.07, 6.45) is -0.185. The molecule has 162 valence electrons. The molecule has 0 unspecified atom stereocenters. The Morgan fingerprint density at radius 1 is 0.933 bits per heavy atom. The number of hydrogen-bond acceptors (Lipinski definition) is 7. The average molecular weight is 435 g/mol. The first-order chi connectivity index (χ1) is 14.4. The Kier molecular flexibility index (Phi) is 6.84. The van der Waals surface area contributed by atoms with E-state index >= 15 is 0 Å². The van der Waals surface area contributed by atoms with Gasteiger partial charge in [-0.3, -0.25) is 4.79 Å². The first-order valence-corrected chi connectivity index (χ1v) is 11.0. The maximum absolute atomic E-state index is 13.4. The predicted molar refractivity (Wildman–Crippen MR) is 113 cm³/mol. The van der Waals surface area contributed by atoms with Crippen molar-refractivity contribution in [3.05, 3.63) is 48.0 Å². The molecule has 1 aliphatic heterocycles. The summed E-state index contributed by atoms with van der Waals surface area (Å²) >= 11 is 0. The summed E-state index contributed by atoms with van der Waals surface area (Å²) in [5.74, 6) is 0.101. The van der Waals surface area contributed by atoms with Crippen LogP contribution in [0.1, 0.15) is 5.56 Å². The molecule has 0 bridgehead atoms. The molecule has 2 aromatic carbocycles. The molecule has 2 aromatic rings. The number of ether oxygens (including phenoxy) is 3. The van der Waals surface area contributed by atoms with Crippen molar-refractivity contribution in [2.24, 2.45) is 0 Å². The molecule has 0 aromatic heterocycles. The summed E-state index contributed by atoms with van der Waals surface area (Å²) in [5.41, 5.74) is 1.37. The summed E-state index contributed by atoms with van der Waals surface area (Å²) in [6, 6.07) is 12.8. The molecule has 1 saturated heterocycles. The van der Waals surface area contributed by atoms with E-state index in [1.807, 2.05) is 30.3 Å². The lowest BCUT2D eigenvalue weighted by atomic mass is 10.1. The topological polar surface area (TPSA) is 85.4 Å². The van der Waals surface area contributed by atoms with Crippen LogP contribution in [-0.4, -0.2) is 66.2 Å². The van der Waals surface area contributed by atoms with E-state index in [4.69, 9.17) is 14.2 Å². The highest BCUT2D eigenvalue weighted by atomic mass is 32.2. The number of rotatable bonds is 7. The number of esters is 1. The van der Waals surface area contributed by atoms with E-state index in [0.29, 0.717) is 37.5 Å². The average Bonchev–Trinajstić information content (AvgIpc) is 2.79. The van der Waals surface area contributed by atoms with E-state index in [9.17, 15) is 13.2 Å². The van der Waals surface area contributed by atoms with E-state index in [2.05, 4.69) is 4.90 Å². The van der Waals surface area contributed by atoms with Crippen LogP contribution in [0.2, 0.25) is 0 Å². The van der Waals surface area contributed by atoms with Gasteiger partial charge in [-0.25, -0.2) is 8.42 Å². The zero-order valence-corrected chi connectivity index (χ0v) is 18.1. The standard InChI is InChI=1S/C21H26N2O6S/c1-27-18-13-16(14-21(24)29-3)20(15-19(18)28-2)30(25,26)23-11-9-22(10-12-23)17-7-5-4-6-8-17/h4-8,13,15H,9-12,14H2,1-3H3. The fourth-order valence-corrected chi connectivity index (χ4v) is 5.11. The van der Waals surface area contributed by atoms with Gasteiger partial charge in [0.15, 0.2) is 11.5 Å². The fraction of sp³-hybridized carbons (Fsp3) is 0.381. The van der Waals surface area contributed by atoms with Crippen molar-refractivity contribution in [1.82, 2.24) is 4.31 Å². The lowest BCUT2D eigenvalue weighted by molar-refractivity contribution is -0.139. The third kappa shape index (κ3) is 4.52. The summed E-state index contributed by atoms with van der Waals surface area (Å²) in [7, 11) is 0.310. The van der Waals surface area contributed by atoms with Gasteiger partial charge in [0.25, 0.3) is 0 Å². The van der Waals surface area contributed by atoms with E-state index in [1.54, 1.807) is 0 Å². The number of carbonyl (C=O) groups is 1. The molecule has 0 N–H and O–H groups in total. The Morgan fingerprint density at radius 2 is 1.53 bits per heavy atom. The molecule has 1 heterocycles. The minimum Gasteiger partial charge on any atom is -0.493 e. The maximum atomic E-state index is 13.4. The first kappa shape index (κ1) is 21.9. The highest BCUT2D eigenvalue weighted by Gasteiger charge is 2.32. The van der Waals surface area contributed by atoms with Crippen LogP contribution in [0.15, 0.2) is 47.4 Å². The number of benzene rings is 2. The molecule has 30 heavy (non-hydrogen) atoms. The summed E-state index contributed by atoms with van der Waals surface area (Å²) in [4.78, 5) is 14.1. The predicted octanol–water partition coefficient (Wildman–Crippen LogP) is 1.93. The number of hydrogen-bond donors (Lipinski definition) is 0. The van der Waals surface area contributed by atoms with Crippen molar-refractivity contribution in [1.29, 1.82) is 0 Å². The van der Waals surface area contributed by atoms with Gasteiger partial charge in [-0.05, 0) is 23.8 Å². The molecule has 0 atom stereocenters. The summed E-state index contributed by atoms with van der Waals surface area (Å²) in [6.45, 7) is 1.82. The molecule has 0 saturated carbocycles. The molecule has 9 heteroatoms. The van der Waals surface area contributed by atoms with Crippen molar-refractivity contribution >= 4 is 21.7 Å². The molecule has 8 nitrogen and oxygen atoms in total. The Balaban J connectivity index is 1.90. The normalized spacial score (nSPS) is 15.0. The minimum atomic E-state index is -3.85. The first-order valence-electron chi connectivity index (χ1n) is 9.52. The van der Waals surface area contributed by atoms with Crippen molar-refractivity contribution in [2.75, 3.05) is 52.4 Å². The molecule has 0 radical (unpaired) electrons. The zero-order chi connectivity index (χ0) is 21.7. The van der Waals surface area contributed by atoms with Crippen molar-refractivity contribution < 1.29 is 27.4 Å². The molecule has 1 fully saturated rings. The largest absolute Gasteiger partial charge is 0.493 e. The van der Waals surface area contributed by atoms with Crippen molar-refractivity contribution in [2.45, 2.75) is 11.3 Å². The van der Waals surface area contributed by atoms with Crippen LogP contribution in [0.3, 0.4) is 0 Å². The van der Waals surface area contributed by atoms with Crippen LogP contribution in [-0.2, 0) is 26.0 Å². The number of sulfonamides is 1. The Hall–Kier alpha value is -2.78. The number of nitrogens with zero attached hydrogens (tertiary/aromatic N) is 2. The van der Waals surface area contributed by atoms with Gasteiger partial charge in [0, 0.05) is 37.9 Å². The lowest BCUT2D eigenvalue weighted by Crippen LogP contribution is -2.48. The monoisotopic (exact) mass is 434 g/mol. The number of para-hydroxylation sites is 1. The van der Waals surface area contributed by atoms with Gasteiger partial charge < -0.3 is 19.1 Å². The Morgan fingerprint density at radius 3 is 2.10 bits per heavy atom. The number of anilines is 1. The van der Waals surface area contributed by atoms with Gasteiger partial charge in [-0.2, -0.15) is 4.31 Å². The van der Waals surface area contributed by atoms with Crippen LogP contribution in [0.5, 0.6) is 11.5 Å². The van der Waals surface area contributed by atoms with E-state index in [0.717, 1.165) is 5.69 Å². The van der Waals surface area contributed by atoms with Gasteiger partial charge in [-0.1, -0.05) is 18.2 Å². The van der Waals surface area contributed by atoms with Gasteiger partial charge in [0.2, 0.25) is 10.0 Å². The summed E-state index contributed by atoms with van der Waals surface area (Å²) < 4.78 is 43.6. The third-order valence-electron chi connectivity index (χ3n) is 5.11. The third-order valence-corrected chi connectivity index (χ3v) is 7.09. The van der Waals surface area contributed by atoms with E-state index in [1.165, 1.54) is 37.8 Å². The maximum Gasteiger partial charge on any atom is 0.310 e. The second-order valence-corrected chi connectivity index (χ2v) is 8.70. The highest BCUT2D eigenvalue weighted by molar-refractivity contribution is 7.89.